The molecule has 0 aliphatic heterocycles. The molecule has 0 aromatic heterocycles. The first-order valence-corrected chi connectivity index (χ1v) is 7.80. The van der Waals surface area contributed by atoms with Crippen LogP contribution < -0.4 is 0 Å². The van der Waals surface area contributed by atoms with Crippen molar-refractivity contribution in [2.24, 2.45) is 0 Å². The van der Waals surface area contributed by atoms with Crippen LogP contribution in [0.3, 0.4) is 0 Å². The molecule has 0 radical (unpaired) electrons. The number of ether oxygens (including phenoxy) is 1. The molecule has 1 rings (SSSR count). The molecule has 0 heterocycles. The zero-order valence-electron chi connectivity index (χ0n) is 11.4. The molecule has 6 nitrogen and oxygen atoms in total. The number of aliphatic hydroxyl groups is 1. The molecule has 0 spiro atoms. The molecular weight excluding hydrogens is 282 g/mol. The van der Waals surface area contributed by atoms with Crippen LogP contribution in [0.15, 0.2) is 30.3 Å². The van der Waals surface area contributed by atoms with Crippen molar-refractivity contribution >= 4 is 16.0 Å². The second kappa shape index (κ2) is 7.98. The fourth-order valence-electron chi connectivity index (χ4n) is 1.66. The van der Waals surface area contributed by atoms with Gasteiger partial charge in [0.2, 0.25) is 10.0 Å². The van der Waals surface area contributed by atoms with Gasteiger partial charge in [0.1, 0.15) is 0 Å². The van der Waals surface area contributed by atoms with E-state index in [-0.39, 0.29) is 31.9 Å². The Hall–Kier alpha value is -1.44. The van der Waals surface area contributed by atoms with E-state index in [0.29, 0.717) is 0 Å². The monoisotopic (exact) mass is 301 g/mol. The third kappa shape index (κ3) is 5.28. The number of benzene rings is 1. The number of rotatable bonds is 8. The highest BCUT2D eigenvalue weighted by Gasteiger charge is 2.23. The average Bonchev–Trinajstić information content (AvgIpc) is 2.45. The third-order valence-electron chi connectivity index (χ3n) is 2.74. The Labute approximate surface area is 119 Å². The molecule has 20 heavy (non-hydrogen) atoms. The topological polar surface area (TPSA) is 83.9 Å². The molecule has 0 aliphatic rings. The zero-order valence-corrected chi connectivity index (χ0v) is 12.2. The van der Waals surface area contributed by atoms with Crippen LogP contribution in [0.4, 0.5) is 0 Å². The predicted octanol–water partition coefficient (Wildman–Crippen LogP) is 0.374. The molecule has 0 saturated carbocycles. The van der Waals surface area contributed by atoms with Gasteiger partial charge < -0.3 is 9.84 Å². The van der Waals surface area contributed by atoms with Gasteiger partial charge in [0.15, 0.2) is 0 Å². The summed E-state index contributed by atoms with van der Waals surface area (Å²) in [5, 5.41) is 9.00. The Kier molecular flexibility index (Phi) is 6.63. The minimum absolute atomic E-state index is 0.00159. The Morgan fingerprint density at radius 1 is 1.30 bits per heavy atom. The van der Waals surface area contributed by atoms with Crippen LogP contribution in [0.2, 0.25) is 0 Å². The van der Waals surface area contributed by atoms with Crippen molar-refractivity contribution in [1.82, 2.24) is 4.31 Å². The second-order valence-electron chi connectivity index (χ2n) is 4.18. The number of aliphatic hydroxyl groups excluding tert-OH is 1. The van der Waals surface area contributed by atoms with Gasteiger partial charge in [-0.25, -0.2) is 8.42 Å². The summed E-state index contributed by atoms with van der Waals surface area (Å²) in [6.45, 7) is -0.104. The largest absolute Gasteiger partial charge is 0.469 e. The quantitative estimate of drug-likeness (QED) is 0.702. The molecule has 1 aromatic carbocycles. The molecule has 0 amide bonds. The second-order valence-corrected chi connectivity index (χ2v) is 6.27. The number of carbonyl (C=O) groups excluding carboxylic acids is 1. The molecule has 0 aliphatic carbocycles. The van der Waals surface area contributed by atoms with Crippen molar-refractivity contribution in [3.05, 3.63) is 35.9 Å². The maximum absolute atomic E-state index is 12.2. The summed E-state index contributed by atoms with van der Waals surface area (Å²) in [5.41, 5.74) is 0.822. The van der Waals surface area contributed by atoms with E-state index in [4.69, 9.17) is 5.11 Å². The minimum atomic E-state index is -3.62. The van der Waals surface area contributed by atoms with Gasteiger partial charge in [0.25, 0.3) is 0 Å². The predicted molar refractivity (Wildman–Crippen MR) is 74.4 cm³/mol. The Morgan fingerprint density at radius 2 is 1.95 bits per heavy atom. The van der Waals surface area contributed by atoms with Gasteiger partial charge in [0, 0.05) is 13.1 Å². The number of methoxy groups -OCH3 is 1. The fourth-order valence-corrected chi connectivity index (χ4v) is 3.05. The number of esters is 1. The van der Waals surface area contributed by atoms with Gasteiger partial charge in [-0.15, -0.1) is 0 Å². The van der Waals surface area contributed by atoms with Gasteiger partial charge in [-0.1, -0.05) is 30.3 Å². The van der Waals surface area contributed by atoms with Crippen molar-refractivity contribution in [3.63, 3.8) is 0 Å². The highest BCUT2D eigenvalue weighted by Crippen LogP contribution is 2.10. The lowest BCUT2D eigenvalue weighted by atomic mass is 10.2. The molecular formula is C13H19NO5S. The average molecular weight is 301 g/mol. The van der Waals surface area contributed by atoms with Crippen LogP contribution in [0.1, 0.15) is 12.0 Å². The van der Waals surface area contributed by atoms with E-state index in [0.717, 1.165) is 5.56 Å². The molecule has 1 N–H and O–H groups in total. The normalized spacial score (nSPS) is 11.6. The minimum Gasteiger partial charge on any atom is -0.469 e. The first-order chi connectivity index (χ1) is 9.49. The van der Waals surface area contributed by atoms with Crippen molar-refractivity contribution in [1.29, 1.82) is 0 Å². The van der Waals surface area contributed by atoms with Crippen LogP contribution in [-0.2, 0) is 26.1 Å². The van der Waals surface area contributed by atoms with Crippen LogP contribution >= 0.6 is 0 Å². The van der Waals surface area contributed by atoms with E-state index >= 15 is 0 Å². The van der Waals surface area contributed by atoms with E-state index < -0.39 is 16.0 Å². The number of hydrogen-bond acceptors (Lipinski definition) is 5. The van der Waals surface area contributed by atoms with Gasteiger partial charge in [-0.2, -0.15) is 4.31 Å². The van der Waals surface area contributed by atoms with Crippen LogP contribution in [-0.4, -0.2) is 49.8 Å². The molecule has 7 heteroatoms. The third-order valence-corrected chi connectivity index (χ3v) is 4.55. The standard InChI is InChI=1S/C13H19NO5S/c1-19-13(16)7-10-20(17,18)14(8-9-15)11-12-5-3-2-4-6-12/h2-6,15H,7-11H2,1H3. The lowest BCUT2D eigenvalue weighted by molar-refractivity contribution is -0.140. The summed E-state index contributed by atoms with van der Waals surface area (Å²) in [6.07, 6.45) is -0.199. The van der Waals surface area contributed by atoms with Gasteiger partial charge in [-0.05, 0) is 5.56 Å². The Morgan fingerprint density at radius 3 is 2.50 bits per heavy atom. The summed E-state index contributed by atoms with van der Waals surface area (Å²) in [4.78, 5) is 11.0. The first-order valence-electron chi connectivity index (χ1n) is 6.19. The van der Waals surface area contributed by atoms with E-state index in [2.05, 4.69) is 4.74 Å². The summed E-state index contributed by atoms with van der Waals surface area (Å²) >= 11 is 0. The van der Waals surface area contributed by atoms with Gasteiger partial charge in [0.05, 0.1) is 25.9 Å². The van der Waals surface area contributed by atoms with Crippen molar-refractivity contribution in [3.8, 4) is 0 Å². The summed E-state index contributed by atoms with van der Waals surface area (Å²) in [6, 6.07) is 9.08. The van der Waals surface area contributed by atoms with E-state index in [1.54, 1.807) is 12.1 Å². The molecule has 0 unspecified atom stereocenters. The molecule has 0 fully saturated rings. The molecule has 112 valence electrons. The smallest absolute Gasteiger partial charge is 0.306 e. The van der Waals surface area contributed by atoms with Crippen LogP contribution in [0.5, 0.6) is 0 Å². The Balaban J connectivity index is 2.76. The zero-order chi connectivity index (χ0) is 15.0. The first kappa shape index (κ1) is 16.6. The van der Waals surface area contributed by atoms with Crippen LogP contribution in [0.25, 0.3) is 0 Å². The Bertz CT molecular complexity index is 515. The van der Waals surface area contributed by atoms with E-state index in [1.807, 2.05) is 18.2 Å². The van der Waals surface area contributed by atoms with Crippen molar-refractivity contribution < 1.29 is 23.1 Å². The highest BCUT2D eigenvalue weighted by molar-refractivity contribution is 7.89. The molecule has 0 saturated heterocycles. The van der Waals surface area contributed by atoms with Gasteiger partial charge in [-0.3, -0.25) is 4.79 Å². The molecule has 1 aromatic rings. The summed E-state index contributed by atoms with van der Waals surface area (Å²) in [7, 11) is -2.40. The van der Waals surface area contributed by atoms with Gasteiger partial charge >= 0.3 is 5.97 Å². The number of sulfonamides is 1. The maximum Gasteiger partial charge on any atom is 0.306 e. The maximum atomic E-state index is 12.2. The SMILES string of the molecule is COC(=O)CCS(=O)(=O)N(CCO)Cc1ccccc1. The summed E-state index contributed by atoms with van der Waals surface area (Å²) < 4.78 is 29.9. The lowest BCUT2D eigenvalue weighted by Crippen LogP contribution is -2.35. The summed E-state index contributed by atoms with van der Waals surface area (Å²) in [5.74, 6) is -0.899. The highest BCUT2D eigenvalue weighted by atomic mass is 32.2. The van der Waals surface area contributed by atoms with Crippen LogP contribution in [0, 0.1) is 0 Å². The molecule has 0 atom stereocenters. The fraction of sp³-hybridized carbons (Fsp3) is 0.462. The number of hydrogen-bond donors (Lipinski definition) is 1. The van der Waals surface area contributed by atoms with Crippen molar-refractivity contribution in [2.75, 3.05) is 26.0 Å². The number of carbonyl (C=O) groups is 1. The molecule has 0 bridgehead atoms. The van der Waals surface area contributed by atoms with Crippen molar-refractivity contribution in [2.45, 2.75) is 13.0 Å². The van der Waals surface area contributed by atoms with E-state index in [9.17, 15) is 13.2 Å². The lowest BCUT2D eigenvalue weighted by Gasteiger charge is -2.21. The van der Waals surface area contributed by atoms with E-state index in [1.165, 1.54) is 11.4 Å². The number of nitrogens with zero attached hydrogens (tertiary/aromatic N) is 1.